The fraction of sp³-hybridized carbons (Fsp3) is 0.333. The molecule has 28 heavy (non-hydrogen) atoms. The Morgan fingerprint density at radius 1 is 1.07 bits per heavy atom. The van der Waals surface area contributed by atoms with Crippen molar-refractivity contribution < 1.29 is 23.8 Å². The zero-order valence-electron chi connectivity index (χ0n) is 16.0. The summed E-state index contributed by atoms with van der Waals surface area (Å²) >= 11 is 0. The summed E-state index contributed by atoms with van der Waals surface area (Å²) in [5, 5.41) is 5.49. The van der Waals surface area contributed by atoms with Crippen LogP contribution in [0.15, 0.2) is 42.5 Å². The van der Waals surface area contributed by atoms with Crippen LogP contribution >= 0.6 is 0 Å². The van der Waals surface area contributed by atoms with Crippen LogP contribution in [-0.2, 0) is 4.79 Å². The summed E-state index contributed by atoms with van der Waals surface area (Å²) in [6.45, 7) is 5.26. The Morgan fingerprint density at radius 3 is 2.50 bits per heavy atom. The van der Waals surface area contributed by atoms with E-state index in [9.17, 15) is 9.59 Å². The van der Waals surface area contributed by atoms with Gasteiger partial charge in [-0.15, -0.1) is 0 Å². The zero-order valence-corrected chi connectivity index (χ0v) is 16.0. The Balaban J connectivity index is 1.50. The van der Waals surface area contributed by atoms with Gasteiger partial charge in [-0.1, -0.05) is 6.07 Å². The summed E-state index contributed by atoms with van der Waals surface area (Å²) in [6, 6.07) is 12.1. The summed E-state index contributed by atoms with van der Waals surface area (Å²) in [7, 11) is 0. The van der Waals surface area contributed by atoms with E-state index in [0.29, 0.717) is 42.6 Å². The second-order valence-corrected chi connectivity index (χ2v) is 6.33. The molecule has 0 aliphatic carbocycles. The Kier molecular flexibility index (Phi) is 6.37. The number of carbonyl (C=O) groups is 2. The van der Waals surface area contributed by atoms with E-state index in [1.807, 2.05) is 32.0 Å². The number of carbonyl (C=O) groups excluding carboxylic acids is 2. The molecule has 0 radical (unpaired) electrons. The van der Waals surface area contributed by atoms with Crippen molar-refractivity contribution >= 4 is 11.8 Å². The van der Waals surface area contributed by atoms with Crippen LogP contribution in [-0.4, -0.2) is 38.2 Å². The fourth-order valence-electron chi connectivity index (χ4n) is 2.84. The van der Waals surface area contributed by atoms with E-state index in [1.165, 1.54) is 0 Å². The van der Waals surface area contributed by atoms with E-state index in [1.54, 1.807) is 24.3 Å². The summed E-state index contributed by atoms with van der Waals surface area (Å²) in [5.74, 6) is 1.49. The molecule has 0 spiro atoms. The van der Waals surface area contributed by atoms with Gasteiger partial charge in [0.1, 0.15) is 19.0 Å². The van der Waals surface area contributed by atoms with Crippen LogP contribution in [0.1, 0.15) is 35.8 Å². The Hall–Kier alpha value is -3.22. The average Bonchev–Trinajstić information content (AvgIpc) is 2.72. The highest BCUT2D eigenvalue weighted by atomic mass is 16.6. The van der Waals surface area contributed by atoms with Crippen molar-refractivity contribution in [1.82, 2.24) is 10.6 Å². The molecule has 3 rings (SSSR count). The minimum absolute atomic E-state index is 0.110. The average molecular weight is 384 g/mol. The maximum Gasteiger partial charge on any atom is 0.251 e. The van der Waals surface area contributed by atoms with Crippen LogP contribution in [0.3, 0.4) is 0 Å². The predicted octanol–water partition coefficient (Wildman–Crippen LogP) is 2.46. The Labute approximate surface area is 164 Å². The van der Waals surface area contributed by atoms with E-state index in [2.05, 4.69) is 10.6 Å². The van der Waals surface area contributed by atoms with Gasteiger partial charge in [-0.2, -0.15) is 0 Å². The highest BCUT2D eigenvalue weighted by Gasteiger charge is 2.16. The molecule has 2 N–H and O–H groups in total. The molecule has 2 amide bonds. The number of hydrogen-bond acceptors (Lipinski definition) is 5. The molecule has 1 aliphatic rings. The maximum absolute atomic E-state index is 12.2. The number of nitrogens with one attached hydrogen (secondary N) is 2. The Morgan fingerprint density at radius 2 is 1.79 bits per heavy atom. The fourth-order valence-corrected chi connectivity index (χ4v) is 2.84. The first-order valence-corrected chi connectivity index (χ1v) is 9.26. The molecule has 0 aromatic heterocycles. The van der Waals surface area contributed by atoms with Crippen LogP contribution in [0, 0.1) is 0 Å². The smallest absolute Gasteiger partial charge is 0.251 e. The monoisotopic (exact) mass is 384 g/mol. The van der Waals surface area contributed by atoms with Gasteiger partial charge >= 0.3 is 0 Å². The van der Waals surface area contributed by atoms with Gasteiger partial charge in [-0.3, -0.25) is 9.59 Å². The van der Waals surface area contributed by atoms with Crippen molar-refractivity contribution in [3.8, 4) is 17.2 Å². The minimum atomic E-state index is -0.315. The zero-order chi connectivity index (χ0) is 19.9. The molecular weight excluding hydrogens is 360 g/mol. The third-order valence-corrected chi connectivity index (χ3v) is 4.28. The third-order valence-electron chi connectivity index (χ3n) is 4.28. The molecule has 0 bridgehead atoms. The molecule has 0 saturated heterocycles. The van der Waals surface area contributed by atoms with E-state index in [4.69, 9.17) is 14.2 Å². The lowest BCUT2D eigenvalue weighted by Gasteiger charge is -2.21. The SMILES string of the molecule is CCOc1ccc(C(=O)NCC(=O)N[C@@H](C)c2ccc3c(c2)OCCO3)cc1. The van der Waals surface area contributed by atoms with Crippen molar-refractivity contribution in [3.63, 3.8) is 0 Å². The van der Waals surface area contributed by atoms with Crippen molar-refractivity contribution in [2.75, 3.05) is 26.4 Å². The van der Waals surface area contributed by atoms with Gasteiger partial charge in [0.15, 0.2) is 11.5 Å². The van der Waals surface area contributed by atoms with Gasteiger partial charge < -0.3 is 24.8 Å². The number of benzene rings is 2. The van der Waals surface area contributed by atoms with Gasteiger partial charge in [-0.05, 0) is 55.8 Å². The number of ether oxygens (including phenoxy) is 3. The molecular formula is C21H24N2O5. The molecule has 148 valence electrons. The van der Waals surface area contributed by atoms with Gasteiger partial charge in [0.05, 0.1) is 19.2 Å². The molecule has 2 aromatic rings. The van der Waals surface area contributed by atoms with Crippen LogP contribution in [0.2, 0.25) is 0 Å². The standard InChI is InChI=1S/C21H24N2O5/c1-3-26-17-7-4-15(5-8-17)21(25)22-13-20(24)23-14(2)16-6-9-18-19(12-16)28-11-10-27-18/h4-9,12,14H,3,10-11,13H2,1-2H3,(H,22,25)(H,23,24)/t14-/m0/s1. The summed E-state index contributed by atoms with van der Waals surface area (Å²) < 4.78 is 16.4. The van der Waals surface area contributed by atoms with Crippen LogP contribution in [0.5, 0.6) is 17.2 Å². The van der Waals surface area contributed by atoms with Crippen molar-refractivity contribution in [3.05, 3.63) is 53.6 Å². The van der Waals surface area contributed by atoms with Crippen molar-refractivity contribution in [2.45, 2.75) is 19.9 Å². The summed E-state index contributed by atoms with van der Waals surface area (Å²) in [6.07, 6.45) is 0. The van der Waals surface area contributed by atoms with E-state index in [0.717, 1.165) is 5.56 Å². The second-order valence-electron chi connectivity index (χ2n) is 6.33. The first-order chi connectivity index (χ1) is 13.6. The highest BCUT2D eigenvalue weighted by molar-refractivity contribution is 5.96. The maximum atomic E-state index is 12.2. The number of amides is 2. The summed E-state index contributed by atoms with van der Waals surface area (Å²) in [5.41, 5.74) is 1.37. The van der Waals surface area contributed by atoms with Gasteiger partial charge in [0.2, 0.25) is 5.91 Å². The summed E-state index contributed by atoms with van der Waals surface area (Å²) in [4.78, 5) is 24.4. The molecule has 0 saturated carbocycles. The second kappa shape index (κ2) is 9.12. The van der Waals surface area contributed by atoms with Crippen molar-refractivity contribution in [2.24, 2.45) is 0 Å². The molecule has 7 heteroatoms. The quantitative estimate of drug-likeness (QED) is 0.766. The van der Waals surface area contributed by atoms with E-state index in [-0.39, 0.29) is 24.4 Å². The van der Waals surface area contributed by atoms with Gasteiger partial charge in [0, 0.05) is 5.56 Å². The van der Waals surface area contributed by atoms with Gasteiger partial charge in [0.25, 0.3) is 5.91 Å². The van der Waals surface area contributed by atoms with E-state index >= 15 is 0 Å². The first-order valence-electron chi connectivity index (χ1n) is 9.26. The topological polar surface area (TPSA) is 85.9 Å². The van der Waals surface area contributed by atoms with Crippen LogP contribution in [0.25, 0.3) is 0 Å². The van der Waals surface area contributed by atoms with Crippen LogP contribution in [0.4, 0.5) is 0 Å². The number of rotatable bonds is 7. The van der Waals surface area contributed by atoms with Crippen LogP contribution < -0.4 is 24.8 Å². The highest BCUT2D eigenvalue weighted by Crippen LogP contribution is 2.32. The lowest BCUT2D eigenvalue weighted by atomic mass is 10.1. The lowest BCUT2D eigenvalue weighted by Crippen LogP contribution is -2.38. The molecule has 1 atom stereocenters. The largest absolute Gasteiger partial charge is 0.494 e. The minimum Gasteiger partial charge on any atom is -0.494 e. The predicted molar refractivity (Wildman–Crippen MR) is 104 cm³/mol. The third kappa shape index (κ3) is 4.94. The van der Waals surface area contributed by atoms with Gasteiger partial charge in [-0.25, -0.2) is 0 Å². The van der Waals surface area contributed by atoms with Crippen molar-refractivity contribution in [1.29, 1.82) is 0 Å². The first kappa shape index (κ1) is 19.5. The molecule has 7 nitrogen and oxygen atoms in total. The van der Waals surface area contributed by atoms with E-state index < -0.39 is 0 Å². The molecule has 1 aliphatic heterocycles. The lowest BCUT2D eigenvalue weighted by molar-refractivity contribution is -0.120. The molecule has 1 heterocycles. The molecule has 0 fully saturated rings. The number of fused-ring (bicyclic) bond motifs is 1. The normalized spacial score (nSPS) is 13.4. The number of hydrogen-bond donors (Lipinski definition) is 2. The molecule has 0 unspecified atom stereocenters. The molecule has 2 aromatic carbocycles. The Bertz CT molecular complexity index is 835.